The molecule has 0 radical (unpaired) electrons. The molecule has 0 aliphatic carbocycles. The fraction of sp³-hybridized carbons (Fsp3) is 0.296. The van der Waals surface area contributed by atoms with Gasteiger partial charge in [0.15, 0.2) is 0 Å². The number of hydrogen-bond donors (Lipinski definition) is 0. The van der Waals surface area contributed by atoms with Gasteiger partial charge in [0.25, 0.3) is 0 Å². The molecular weight excluding hydrogens is 797 g/mol. The number of carbonyl (C=O) groups is 2. The molecule has 8 heteroatoms. The summed E-state index contributed by atoms with van der Waals surface area (Å²) >= 11 is 0. The maximum atomic E-state index is 16.6. The van der Waals surface area contributed by atoms with Gasteiger partial charge in [0, 0.05) is 31.9 Å². The van der Waals surface area contributed by atoms with Crippen molar-refractivity contribution in [2.75, 3.05) is 9.13 Å². The van der Waals surface area contributed by atoms with Crippen LogP contribution in [0.3, 0.4) is 0 Å². The van der Waals surface area contributed by atoms with Gasteiger partial charge in [-0.05, 0) is 44.9 Å². The predicted octanol–water partition coefficient (Wildman–Crippen LogP) is 9.54. The van der Waals surface area contributed by atoms with Crippen LogP contribution in [0.1, 0.15) is 105 Å². The molecule has 6 aromatic carbocycles. The fourth-order valence-electron chi connectivity index (χ4n) is 8.92. The smallest absolute Gasteiger partial charge is 0.436 e. The van der Waals surface area contributed by atoms with Crippen molar-refractivity contribution in [3.8, 4) is 11.5 Å². The third-order valence-corrected chi connectivity index (χ3v) is 20.0. The van der Waals surface area contributed by atoms with Crippen LogP contribution in [0.25, 0.3) is 0 Å². The van der Waals surface area contributed by atoms with Gasteiger partial charge >= 0.3 is 28.8 Å². The zero-order chi connectivity index (χ0) is 44.6. The first-order valence-corrected chi connectivity index (χ1v) is 25.5. The lowest BCUT2D eigenvalue weighted by Gasteiger charge is -2.38. The number of benzene rings is 6. The quantitative estimate of drug-likeness (QED) is 0.131. The Kier molecular flexibility index (Phi) is 10.4. The fourth-order valence-corrected chi connectivity index (χ4v) is 16.6. The second-order valence-electron chi connectivity index (χ2n) is 21.0. The van der Waals surface area contributed by atoms with E-state index in [1.54, 1.807) is 9.13 Å². The lowest BCUT2D eigenvalue weighted by Crippen LogP contribution is -2.78. The van der Waals surface area contributed by atoms with Crippen molar-refractivity contribution in [2.45, 2.75) is 105 Å². The van der Waals surface area contributed by atoms with Crippen LogP contribution in [0, 0.1) is 0 Å². The van der Waals surface area contributed by atoms with E-state index >= 15 is 9.59 Å². The maximum absolute atomic E-state index is 16.6. The lowest BCUT2D eigenvalue weighted by molar-refractivity contribution is -0.134. The van der Waals surface area contributed by atoms with E-state index in [9.17, 15) is 0 Å². The Morgan fingerprint density at radius 2 is 0.645 bits per heavy atom. The molecule has 0 bridgehead atoms. The molecule has 0 aromatic heterocycles. The Morgan fingerprint density at radius 3 is 0.871 bits per heavy atom. The first-order chi connectivity index (χ1) is 29.1. The summed E-state index contributed by atoms with van der Waals surface area (Å²) in [7, 11) is -7.71. The predicted molar refractivity (Wildman–Crippen MR) is 260 cm³/mol. The van der Waals surface area contributed by atoms with E-state index in [1.165, 1.54) is 0 Å². The van der Waals surface area contributed by atoms with E-state index in [0.717, 1.165) is 43.0 Å². The molecule has 2 heterocycles. The Hall–Kier alpha value is -5.71. The third kappa shape index (κ3) is 7.01. The summed E-state index contributed by atoms with van der Waals surface area (Å²) < 4.78 is 18.8. The molecular formula is C54H60N2O4Si2. The zero-order valence-corrected chi connectivity index (χ0v) is 40.4. The minimum absolute atomic E-state index is 0.281. The molecule has 0 atom stereocenters. The van der Waals surface area contributed by atoms with Crippen molar-refractivity contribution in [1.29, 1.82) is 0 Å². The molecule has 0 saturated carbocycles. The van der Waals surface area contributed by atoms with Gasteiger partial charge in [-0.1, -0.05) is 217 Å². The molecule has 2 amide bonds. The topological polar surface area (TPSA) is 59.1 Å². The first-order valence-electron chi connectivity index (χ1n) is 21.8. The van der Waals surface area contributed by atoms with E-state index in [-0.39, 0.29) is 21.7 Å². The Bertz CT molecular complexity index is 2390. The average Bonchev–Trinajstić information content (AvgIpc) is 3.77. The summed E-state index contributed by atoms with van der Waals surface area (Å²) in [5, 5.41) is 3.44. The molecule has 0 N–H and O–H groups in total. The molecule has 2 aliphatic rings. The number of carbonyl (C=O) groups excluding carboxylic acids is 2. The largest absolute Gasteiger partial charge is 0.516 e. The highest BCUT2D eigenvalue weighted by Crippen LogP contribution is 2.52. The molecule has 0 unspecified atom stereocenters. The molecule has 0 fully saturated rings. The Labute approximate surface area is 371 Å². The number of amides is 2. The molecule has 0 spiro atoms. The Balaban J connectivity index is 1.49. The minimum Gasteiger partial charge on any atom is -0.516 e. The SMILES string of the molecule is CC(C)(C)c1cc2c(c(C(C)(C)C)c1)O[Si](c1ccccc1)(c1ccccc1)N2C(=O)C(=O)N1c2cc(C(C)(C)C)cc(C(C)(C)C)c2O[Si]1(c1ccccc1)c1ccccc1. The van der Waals surface area contributed by atoms with Gasteiger partial charge in [-0.25, -0.2) is 0 Å². The molecule has 0 saturated heterocycles. The van der Waals surface area contributed by atoms with Gasteiger partial charge in [0.1, 0.15) is 11.5 Å². The van der Waals surface area contributed by atoms with E-state index in [0.29, 0.717) is 22.9 Å². The highest BCUT2D eigenvalue weighted by molar-refractivity contribution is 7.07. The second-order valence-corrected chi connectivity index (χ2v) is 27.2. The summed E-state index contributed by atoms with van der Waals surface area (Å²) in [6.07, 6.45) is 0. The van der Waals surface area contributed by atoms with E-state index in [2.05, 4.69) is 107 Å². The Morgan fingerprint density at radius 1 is 0.387 bits per heavy atom. The van der Waals surface area contributed by atoms with E-state index in [4.69, 9.17) is 8.85 Å². The van der Waals surface area contributed by atoms with Crippen LogP contribution in [-0.4, -0.2) is 28.8 Å². The van der Waals surface area contributed by atoms with E-state index < -0.39 is 28.8 Å². The second kappa shape index (κ2) is 15.0. The van der Waals surface area contributed by atoms with Crippen molar-refractivity contribution < 1.29 is 18.4 Å². The zero-order valence-electron chi connectivity index (χ0n) is 38.4. The summed E-state index contributed by atoms with van der Waals surface area (Å²) in [5.74, 6) is -0.0343. The van der Waals surface area contributed by atoms with E-state index in [1.807, 2.05) is 121 Å². The number of nitrogens with zero attached hydrogens (tertiary/aromatic N) is 2. The number of rotatable bonds is 4. The van der Waals surface area contributed by atoms with Crippen LogP contribution < -0.4 is 38.7 Å². The van der Waals surface area contributed by atoms with Gasteiger partial charge in [-0.3, -0.25) is 18.7 Å². The molecule has 6 aromatic rings. The molecule has 6 nitrogen and oxygen atoms in total. The van der Waals surface area contributed by atoms with Crippen LogP contribution in [0.2, 0.25) is 0 Å². The van der Waals surface area contributed by atoms with Crippen LogP contribution in [0.4, 0.5) is 11.4 Å². The van der Waals surface area contributed by atoms with Crippen LogP contribution >= 0.6 is 0 Å². The maximum Gasteiger partial charge on any atom is 0.436 e. The number of fused-ring (bicyclic) bond motifs is 2. The van der Waals surface area contributed by atoms with Gasteiger partial charge in [0.2, 0.25) is 0 Å². The van der Waals surface area contributed by atoms with Crippen LogP contribution in [-0.2, 0) is 31.2 Å². The van der Waals surface area contributed by atoms with Gasteiger partial charge < -0.3 is 8.85 Å². The van der Waals surface area contributed by atoms with Crippen LogP contribution in [0.5, 0.6) is 11.5 Å². The molecule has 8 rings (SSSR count). The highest BCUT2D eigenvalue weighted by atomic mass is 28.4. The van der Waals surface area contributed by atoms with Crippen LogP contribution in [0.15, 0.2) is 146 Å². The minimum atomic E-state index is -3.85. The molecule has 62 heavy (non-hydrogen) atoms. The average molecular weight is 857 g/mol. The van der Waals surface area contributed by atoms with Gasteiger partial charge in [0.05, 0.1) is 11.4 Å². The monoisotopic (exact) mass is 856 g/mol. The molecule has 2 aliphatic heterocycles. The summed E-state index contributed by atoms with van der Waals surface area (Å²) in [6, 6.07) is 48.9. The number of anilines is 2. The van der Waals surface area contributed by atoms with Crippen molar-refractivity contribution in [2.24, 2.45) is 0 Å². The summed E-state index contributed by atoms with van der Waals surface area (Å²) in [4.78, 5) is 33.1. The summed E-state index contributed by atoms with van der Waals surface area (Å²) in [6.45, 7) is 26.2. The summed E-state index contributed by atoms with van der Waals surface area (Å²) in [5.41, 5.74) is 4.03. The van der Waals surface area contributed by atoms with Crippen molar-refractivity contribution >= 4 is 60.9 Å². The van der Waals surface area contributed by atoms with Gasteiger partial charge in [-0.2, -0.15) is 0 Å². The standard InChI is InChI=1S/C54H60N2O4Si2/c1-51(2,3)37-33-43(53(7,8)9)47-45(35-37)55(61(59-47,39-25-17-13-18-26-39)40-27-19-14-20-28-40)49(57)50(58)56-46-36-38(52(4,5)6)34-44(54(10,11)12)48(46)60-62(56,41-29-21-15-22-30-41)42-31-23-16-24-32-42/h13-36H,1-12H3. The van der Waals surface area contributed by atoms with Gasteiger partial charge in [-0.15, -0.1) is 0 Å². The highest BCUT2D eigenvalue weighted by Gasteiger charge is 2.64. The van der Waals surface area contributed by atoms with Crippen molar-refractivity contribution in [3.05, 3.63) is 168 Å². The number of hydrogen-bond acceptors (Lipinski definition) is 4. The van der Waals surface area contributed by atoms with Crippen molar-refractivity contribution in [1.82, 2.24) is 0 Å². The normalized spacial score (nSPS) is 15.7. The van der Waals surface area contributed by atoms with Crippen molar-refractivity contribution in [3.63, 3.8) is 0 Å². The third-order valence-electron chi connectivity index (χ3n) is 12.3. The first kappa shape index (κ1) is 43.0. The lowest BCUT2D eigenvalue weighted by atomic mass is 9.79. The molecule has 318 valence electrons.